The van der Waals surface area contributed by atoms with Gasteiger partial charge in [0.2, 0.25) is 0 Å². The van der Waals surface area contributed by atoms with E-state index in [1.54, 1.807) is 12.3 Å². The highest BCUT2D eigenvalue weighted by atomic mass is 16.6. The van der Waals surface area contributed by atoms with E-state index in [1.165, 1.54) is 6.33 Å². The van der Waals surface area contributed by atoms with Gasteiger partial charge in [0.25, 0.3) is 5.91 Å². The largest absolute Gasteiger partial charge is 0.486 e. The fourth-order valence-electron chi connectivity index (χ4n) is 3.65. The molecule has 1 aromatic carbocycles. The maximum Gasteiger partial charge on any atom is 0.257 e. The molecule has 1 aliphatic carbocycles. The van der Waals surface area contributed by atoms with Gasteiger partial charge in [0, 0.05) is 35.4 Å². The number of hydrogen-bond donors (Lipinski definition) is 2. The average molecular weight is 362 g/mol. The molecule has 3 heterocycles. The Bertz CT molecular complexity index is 1030. The summed E-state index contributed by atoms with van der Waals surface area (Å²) in [6.07, 6.45) is 7.91. The predicted molar refractivity (Wildman–Crippen MR) is 99.2 cm³/mol. The van der Waals surface area contributed by atoms with Crippen LogP contribution in [0.25, 0.3) is 11.3 Å². The Labute approximate surface area is 155 Å². The van der Waals surface area contributed by atoms with Gasteiger partial charge in [-0.25, -0.2) is 9.97 Å². The summed E-state index contributed by atoms with van der Waals surface area (Å²) >= 11 is 0. The van der Waals surface area contributed by atoms with Crippen LogP contribution in [-0.4, -0.2) is 34.1 Å². The van der Waals surface area contributed by atoms with Crippen LogP contribution >= 0.6 is 0 Å². The zero-order valence-corrected chi connectivity index (χ0v) is 14.6. The normalized spacial score (nSPS) is 14.7. The first-order valence-electron chi connectivity index (χ1n) is 9.00. The Morgan fingerprint density at radius 1 is 1.15 bits per heavy atom. The molecule has 0 saturated carbocycles. The SMILES string of the molecule is O=C(Nc1ccc2c(c1)OCCO2)c1c[nH]c2c1-c1ncncc1CCC2. The summed E-state index contributed by atoms with van der Waals surface area (Å²) in [5.41, 5.74) is 5.08. The Hall–Kier alpha value is -3.35. The zero-order valence-electron chi connectivity index (χ0n) is 14.6. The van der Waals surface area contributed by atoms with Crippen molar-refractivity contribution in [1.82, 2.24) is 15.0 Å². The number of amides is 1. The van der Waals surface area contributed by atoms with Crippen molar-refractivity contribution in [3.05, 3.63) is 53.7 Å². The van der Waals surface area contributed by atoms with Crippen molar-refractivity contribution in [2.24, 2.45) is 0 Å². The van der Waals surface area contributed by atoms with Gasteiger partial charge in [-0.15, -0.1) is 0 Å². The number of rotatable bonds is 2. The third-order valence-electron chi connectivity index (χ3n) is 4.90. The van der Waals surface area contributed by atoms with E-state index in [9.17, 15) is 4.79 Å². The number of aromatic amines is 1. The number of fused-ring (bicyclic) bond motifs is 4. The van der Waals surface area contributed by atoms with Crippen LogP contribution in [0, 0.1) is 0 Å². The van der Waals surface area contributed by atoms with Crippen LogP contribution in [0.5, 0.6) is 11.5 Å². The van der Waals surface area contributed by atoms with Gasteiger partial charge in [-0.1, -0.05) is 0 Å². The molecule has 1 aliphatic heterocycles. The van der Waals surface area contributed by atoms with E-state index in [2.05, 4.69) is 20.3 Å². The number of hydrogen-bond acceptors (Lipinski definition) is 5. The lowest BCUT2D eigenvalue weighted by molar-refractivity contribution is 0.102. The molecule has 7 nitrogen and oxygen atoms in total. The second-order valence-corrected chi connectivity index (χ2v) is 6.62. The van der Waals surface area contributed by atoms with Crippen LogP contribution in [0.15, 0.2) is 36.9 Å². The van der Waals surface area contributed by atoms with E-state index in [0.29, 0.717) is 36.0 Å². The summed E-state index contributed by atoms with van der Waals surface area (Å²) in [5.74, 6) is 1.15. The second-order valence-electron chi connectivity index (χ2n) is 6.62. The highest BCUT2D eigenvalue weighted by Crippen LogP contribution is 2.35. The van der Waals surface area contributed by atoms with Gasteiger partial charge in [0.1, 0.15) is 19.5 Å². The fourth-order valence-corrected chi connectivity index (χ4v) is 3.65. The molecule has 0 bridgehead atoms. The average Bonchev–Trinajstić information content (AvgIpc) is 3.03. The summed E-state index contributed by atoms with van der Waals surface area (Å²) < 4.78 is 11.1. The van der Waals surface area contributed by atoms with Crippen molar-refractivity contribution >= 4 is 11.6 Å². The molecule has 27 heavy (non-hydrogen) atoms. The zero-order chi connectivity index (χ0) is 18.2. The highest BCUT2D eigenvalue weighted by molar-refractivity contribution is 6.09. The van der Waals surface area contributed by atoms with E-state index in [4.69, 9.17) is 9.47 Å². The predicted octanol–water partition coefficient (Wildman–Crippen LogP) is 2.98. The van der Waals surface area contributed by atoms with E-state index in [0.717, 1.165) is 41.8 Å². The molecular weight excluding hydrogens is 344 g/mol. The molecule has 0 unspecified atom stereocenters. The second kappa shape index (κ2) is 6.42. The van der Waals surface area contributed by atoms with Crippen LogP contribution < -0.4 is 14.8 Å². The molecule has 0 atom stereocenters. The number of carbonyl (C=O) groups excluding carboxylic acids is 1. The van der Waals surface area contributed by atoms with Crippen molar-refractivity contribution in [3.8, 4) is 22.8 Å². The third-order valence-corrected chi connectivity index (χ3v) is 4.90. The van der Waals surface area contributed by atoms with Crippen molar-refractivity contribution in [2.75, 3.05) is 18.5 Å². The first-order chi connectivity index (χ1) is 13.3. The molecule has 5 rings (SSSR count). The lowest BCUT2D eigenvalue weighted by Crippen LogP contribution is -2.16. The summed E-state index contributed by atoms with van der Waals surface area (Å²) in [6, 6.07) is 5.41. The molecule has 3 aromatic rings. The standard InChI is InChI=1S/C20H18N4O3/c25-20(24-13-4-5-16-17(8-13)27-7-6-26-16)14-10-22-15-3-1-2-12-9-21-11-23-19(12)18(14)15/h4-5,8-11,22H,1-3,6-7H2,(H,24,25). The van der Waals surface area contributed by atoms with Gasteiger partial charge in [0.05, 0.1) is 11.3 Å². The summed E-state index contributed by atoms with van der Waals surface area (Å²) in [4.78, 5) is 24.8. The molecule has 2 N–H and O–H groups in total. The maximum absolute atomic E-state index is 13.0. The first kappa shape index (κ1) is 15.9. The molecule has 0 spiro atoms. The van der Waals surface area contributed by atoms with Crippen molar-refractivity contribution < 1.29 is 14.3 Å². The van der Waals surface area contributed by atoms with Crippen molar-refractivity contribution in [2.45, 2.75) is 19.3 Å². The van der Waals surface area contributed by atoms with Crippen LogP contribution in [0.3, 0.4) is 0 Å². The molecule has 2 aliphatic rings. The van der Waals surface area contributed by atoms with Gasteiger partial charge in [-0.05, 0) is 37.0 Å². The van der Waals surface area contributed by atoms with E-state index >= 15 is 0 Å². The summed E-state index contributed by atoms with van der Waals surface area (Å²) in [7, 11) is 0. The van der Waals surface area contributed by atoms with Gasteiger partial charge in [0.15, 0.2) is 11.5 Å². The molecule has 0 saturated heterocycles. The Kier molecular flexibility index (Phi) is 3.78. The van der Waals surface area contributed by atoms with Crippen molar-refractivity contribution in [3.63, 3.8) is 0 Å². The quantitative estimate of drug-likeness (QED) is 0.732. The number of nitrogens with zero attached hydrogens (tertiary/aromatic N) is 2. The smallest absolute Gasteiger partial charge is 0.257 e. The third kappa shape index (κ3) is 2.81. The monoisotopic (exact) mass is 362 g/mol. The van der Waals surface area contributed by atoms with Crippen molar-refractivity contribution in [1.29, 1.82) is 0 Å². The van der Waals surface area contributed by atoms with Gasteiger partial charge in [-0.2, -0.15) is 0 Å². The van der Waals surface area contributed by atoms with E-state index in [1.807, 2.05) is 18.3 Å². The number of ether oxygens (including phenoxy) is 2. The maximum atomic E-state index is 13.0. The number of aryl methyl sites for hydroxylation is 2. The number of nitrogens with one attached hydrogen (secondary N) is 2. The molecule has 1 amide bonds. The Balaban J connectivity index is 1.49. The summed E-state index contributed by atoms with van der Waals surface area (Å²) in [5, 5.41) is 2.96. The topological polar surface area (TPSA) is 89.1 Å². The van der Waals surface area contributed by atoms with Gasteiger partial charge in [-0.3, -0.25) is 4.79 Å². The van der Waals surface area contributed by atoms with E-state index in [-0.39, 0.29) is 5.91 Å². The number of H-pyrrole nitrogens is 1. The lowest BCUT2D eigenvalue weighted by atomic mass is 10.0. The Morgan fingerprint density at radius 3 is 2.96 bits per heavy atom. The minimum Gasteiger partial charge on any atom is -0.486 e. The summed E-state index contributed by atoms with van der Waals surface area (Å²) in [6.45, 7) is 1.04. The number of carbonyl (C=O) groups is 1. The number of benzene rings is 1. The highest BCUT2D eigenvalue weighted by Gasteiger charge is 2.24. The molecular formula is C20H18N4O3. The van der Waals surface area contributed by atoms with Crippen LogP contribution in [0.2, 0.25) is 0 Å². The van der Waals surface area contributed by atoms with Gasteiger partial charge >= 0.3 is 0 Å². The van der Waals surface area contributed by atoms with Crippen LogP contribution in [0.1, 0.15) is 28.0 Å². The molecule has 0 radical (unpaired) electrons. The van der Waals surface area contributed by atoms with E-state index < -0.39 is 0 Å². The molecule has 0 fully saturated rings. The minimum absolute atomic E-state index is 0.185. The van der Waals surface area contributed by atoms with Crippen LogP contribution in [0.4, 0.5) is 5.69 Å². The molecule has 136 valence electrons. The number of anilines is 1. The number of aromatic nitrogens is 3. The molecule has 7 heteroatoms. The fraction of sp³-hybridized carbons (Fsp3) is 0.250. The minimum atomic E-state index is -0.185. The Morgan fingerprint density at radius 2 is 2.04 bits per heavy atom. The van der Waals surface area contributed by atoms with Crippen LogP contribution in [-0.2, 0) is 12.8 Å². The molecule has 2 aromatic heterocycles. The lowest BCUT2D eigenvalue weighted by Gasteiger charge is -2.19. The first-order valence-corrected chi connectivity index (χ1v) is 9.00. The van der Waals surface area contributed by atoms with Gasteiger partial charge < -0.3 is 19.8 Å².